The lowest BCUT2D eigenvalue weighted by Gasteiger charge is -2.35. The maximum atomic E-state index is 11.9. The lowest BCUT2D eigenvalue weighted by atomic mass is 9.74. The van der Waals surface area contributed by atoms with Gasteiger partial charge in [-0.25, -0.2) is 0 Å². The third-order valence-electron chi connectivity index (χ3n) is 6.46. The fraction of sp³-hybridized carbons (Fsp3) is 0.962. The van der Waals surface area contributed by atoms with Gasteiger partial charge in [0.25, 0.3) is 0 Å². The second-order valence-electron chi connectivity index (χ2n) is 9.12. The molecule has 168 valence electrons. The van der Waals surface area contributed by atoms with Crippen molar-refractivity contribution < 1.29 is 9.90 Å². The number of rotatable bonds is 22. The maximum Gasteiger partial charge on any atom is 0.0476 e. The summed E-state index contributed by atoms with van der Waals surface area (Å²) in [6.07, 6.45) is 25.4. The molecule has 28 heavy (non-hydrogen) atoms. The average molecular weight is 396 g/mol. The minimum atomic E-state index is -0.788. The molecule has 0 bridgehead atoms. The van der Waals surface area contributed by atoms with Crippen LogP contribution in [-0.2, 0) is 4.79 Å². The number of unbranched alkanes of at least 4 members (excludes halogenated alkanes) is 15. The molecule has 2 heteroatoms. The van der Waals surface area contributed by atoms with Crippen molar-refractivity contribution in [1.82, 2.24) is 0 Å². The Morgan fingerprint density at radius 1 is 0.500 bits per heavy atom. The molecule has 0 aliphatic carbocycles. The average Bonchev–Trinajstić information content (AvgIpc) is 2.69. The smallest absolute Gasteiger partial charge is 0.0476 e. The molecule has 0 aliphatic rings. The van der Waals surface area contributed by atoms with Crippen molar-refractivity contribution >= 4 is 5.97 Å². The van der Waals surface area contributed by atoms with Gasteiger partial charge in [0.05, 0.1) is 0 Å². The molecule has 0 radical (unpaired) electrons. The Kier molecular flexibility index (Phi) is 19.4. The quantitative estimate of drug-likeness (QED) is 0.174. The zero-order valence-corrected chi connectivity index (χ0v) is 19.7. The normalized spacial score (nSPS) is 11.8. The van der Waals surface area contributed by atoms with E-state index in [1.807, 2.05) is 0 Å². The number of carbonyl (C=O) groups is 1. The Labute approximate surface area is 177 Å². The minimum absolute atomic E-state index is 0.552. The first-order valence-corrected chi connectivity index (χ1v) is 12.8. The van der Waals surface area contributed by atoms with Crippen LogP contribution in [0.15, 0.2) is 0 Å². The lowest BCUT2D eigenvalue weighted by Crippen LogP contribution is -2.42. The van der Waals surface area contributed by atoms with Crippen molar-refractivity contribution in [3.05, 3.63) is 0 Å². The molecule has 0 fully saturated rings. The highest BCUT2D eigenvalue weighted by Crippen LogP contribution is 2.36. The molecule has 2 nitrogen and oxygen atoms in total. The molecule has 0 aromatic carbocycles. The van der Waals surface area contributed by atoms with Gasteiger partial charge >= 0.3 is 0 Å². The van der Waals surface area contributed by atoms with Crippen molar-refractivity contribution in [2.45, 2.75) is 156 Å². The molecular weight excluding hydrogens is 344 g/mol. The zero-order valence-electron chi connectivity index (χ0n) is 19.7. The molecule has 0 N–H and O–H groups in total. The second kappa shape index (κ2) is 19.8. The van der Waals surface area contributed by atoms with Gasteiger partial charge in [-0.2, -0.15) is 0 Å². The van der Waals surface area contributed by atoms with E-state index >= 15 is 0 Å². The highest BCUT2D eigenvalue weighted by Gasteiger charge is 2.29. The van der Waals surface area contributed by atoms with Crippen molar-refractivity contribution in [3.63, 3.8) is 0 Å². The number of aliphatic carboxylic acids is 1. The Bertz CT molecular complexity index is 329. The molecule has 0 aromatic rings. The van der Waals surface area contributed by atoms with Crippen LogP contribution in [0.4, 0.5) is 0 Å². The summed E-state index contributed by atoms with van der Waals surface area (Å²) < 4.78 is 0. The summed E-state index contributed by atoms with van der Waals surface area (Å²) in [5, 5.41) is 11.9. The van der Waals surface area contributed by atoms with Crippen LogP contribution in [0, 0.1) is 5.41 Å². The van der Waals surface area contributed by atoms with E-state index in [2.05, 4.69) is 20.8 Å². The first kappa shape index (κ1) is 27.5. The van der Waals surface area contributed by atoms with Gasteiger partial charge in [0.15, 0.2) is 0 Å². The summed E-state index contributed by atoms with van der Waals surface area (Å²) >= 11 is 0. The number of hydrogen-bond donors (Lipinski definition) is 0. The van der Waals surface area contributed by atoms with Crippen LogP contribution >= 0.6 is 0 Å². The molecule has 0 atom stereocenters. The number of carboxylic acids is 1. The summed E-state index contributed by atoms with van der Waals surface area (Å²) in [4.78, 5) is 11.9. The minimum Gasteiger partial charge on any atom is -0.550 e. The fourth-order valence-corrected chi connectivity index (χ4v) is 4.37. The van der Waals surface area contributed by atoms with Crippen molar-refractivity contribution in [1.29, 1.82) is 0 Å². The van der Waals surface area contributed by atoms with Crippen molar-refractivity contribution in [2.75, 3.05) is 0 Å². The van der Waals surface area contributed by atoms with Gasteiger partial charge < -0.3 is 9.90 Å². The first-order valence-electron chi connectivity index (χ1n) is 12.8. The lowest BCUT2D eigenvalue weighted by molar-refractivity contribution is -0.320. The van der Waals surface area contributed by atoms with Crippen LogP contribution in [0.5, 0.6) is 0 Å². The zero-order chi connectivity index (χ0) is 20.9. The van der Waals surface area contributed by atoms with Gasteiger partial charge in [-0.1, -0.05) is 136 Å². The van der Waals surface area contributed by atoms with E-state index in [1.54, 1.807) is 0 Å². The first-order chi connectivity index (χ1) is 13.6. The molecular formula is C26H51O2-. The van der Waals surface area contributed by atoms with Gasteiger partial charge in [0, 0.05) is 11.4 Å². The molecule has 0 aliphatic heterocycles. The Morgan fingerprint density at radius 2 is 0.786 bits per heavy atom. The third kappa shape index (κ3) is 14.5. The molecule has 0 saturated carbocycles. The molecule has 0 spiro atoms. The topological polar surface area (TPSA) is 40.1 Å². The molecule has 0 rings (SSSR count). The van der Waals surface area contributed by atoms with E-state index in [0.29, 0.717) is 0 Å². The number of carbonyl (C=O) groups excluding carboxylic acids is 1. The standard InChI is InChI=1S/C26H52O2/c1-4-7-10-11-12-13-14-15-16-17-18-19-20-21-24-26(25(27)28,22-8-5-2)23-9-6-3/h4-24H2,1-3H3,(H,27,28)/p-1. The highest BCUT2D eigenvalue weighted by atomic mass is 16.4. The van der Waals surface area contributed by atoms with E-state index in [-0.39, 0.29) is 0 Å². The SMILES string of the molecule is CCCCCCCCCCCCCCCCC(CCCC)(CCCC)C(=O)[O-]. The van der Waals surface area contributed by atoms with E-state index in [0.717, 1.165) is 51.4 Å². The summed E-state index contributed by atoms with van der Waals surface area (Å²) in [6.45, 7) is 6.57. The van der Waals surface area contributed by atoms with Gasteiger partial charge in [-0.3, -0.25) is 0 Å². The van der Waals surface area contributed by atoms with Crippen LogP contribution in [0.3, 0.4) is 0 Å². The Morgan fingerprint density at radius 3 is 1.11 bits per heavy atom. The third-order valence-corrected chi connectivity index (χ3v) is 6.46. The number of hydrogen-bond acceptors (Lipinski definition) is 2. The predicted octanol–water partition coefficient (Wildman–Crippen LogP) is 7.97. The summed E-state index contributed by atoms with van der Waals surface area (Å²) in [7, 11) is 0. The van der Waals surface area contributed by atoms with E-state index < -0.39 is 11.4 Å². The molecule has 0 amide bonds. The number of carboxylic acid groups (broad SMARTS) is 1. The summed E-state index contributed by atoms with van der Waals surface area (Å²) in [5.41, 5.74) is -0.552. The predicted molar refractivity (Wildman–Crippen MR) is 121 cm³/mol. The highest BCUT2D eigenvalue weighted by molar-refractivity contribution is 5.72. The van der Waals surface area contributed by atoms with Gasteiger partial charge in [0.2, 0.25) is 0 Å². The van der Waals surface area contributed by atoms with Crippen molar-refractivity contribution in [3.8, 4) is 0 Å². The van der Waals surface area contributed by atoms with Crippen molar-refractivity contribution in [2.24, 2.45) is 5.41 Å². The maximum absolute atomic E-state index is 11.9. The second-order valence-corrected chi connectivity index (χ2v) is 9.12. The van der Waals surface area contributed by atoms with E-state index in [9.17, 15) is 9.90 Å². The van der Waals surface area contributed by atoms with Gasteiger partial charge in [0.1, 0.15) is 0 Å². The monoisotopic (exact) mass is 395 g/mol. The summed E-state index contributed by atoms with van der Waals surface area (Å²) in [6, 6.07) is 0. The molecule has 0 saturated heterocycles. The van der Waals surface area contributed by atoms with Crippen LogP contribution < -0.4 is 5.11 Å². The molecule has 0 unspecified atom stereocenters. The van der Waals surface area contributed by atoms with Crippen LogP contribution in [0.2, 0.25) is 0 Å². The van der Waals surface area contributed by atoms with Gasteiger partial charge in [-0.05, 0) is 19.3 Å². The Hall–Kier alpha value is -0.530. The van der Waals surface area contributed by atoms with Gasteiger partial charge in [-0.15, -0.1) is 0 Å². The van der Waals surface area contributed by atoms with Crippen LogP contribution in [0.25, 0.3) is 0 Å². The van der Waals surface area contributed by atoms with E-state index in [1.165, 1.54) is 83.5 Å². The largest absolute Gasteiger partial charge is 0.550 e. The summed E-state index contributed by atoms with van der Waals surface area (Å²) in [5.74, 6) is -0.788. The molecule has 0 aromatic heterocycles. The van der Waals surface area contributed by atoms with E-state index in [4.69, 9.17) is 0 Å². The van der Waals surface area contributed by atoms with Crippen LogP contribution in [0.1, 0.15) is 156 Å². The Balaban J connectivity index is 3.74. The molecule has 0 heterocycles. The fourth-order valence-electron chi connectivity index (χ4n) is 4.37. The van der Waals surface area contributed by atoms with Crippen LogP contribution in [-0.4, -0.2) is 5.97 Å².